The molecule has 0 bridgehead atoms. The third kappa shape index (κ3) is 3.84. The van der Waals surface area contributed by atoms with Crippen molar-refractivity contribution < 1.29 is 18.3 Å². The Labute approximate surface area is 116 Å². The number of phenols is 1. The number of hydrogen-bond donors (Lipinski definition) is 2. The number of rotatable bonds is 3. The summed E-state index contributed by atoms with van der Waals surface area (Å²) in [6, 6.07) is 4.25. The largest absolute Gasteiger partial charge is 0.508 e. The lowest BCUT2D eigenvalue weighted by molar-refractivity contribution is -0.116. The summed E-state index contributed by atoms with van der Waals surface area (Å²) in [6.07, 6.45) is 0.690. The van der Waals surface area contributed by atoms with Crippen molar-refractivity contribution in [2.75, 3.05) is 16.8 Å². The Morgan fingerprint density at radius 2 is 2.21 bits per heavy atom. The summed E-state index contributed by atoms with van der Waals surface area (Å²) in [5, 5.41) is 12.1. The van der Waals surface area contributed by atoms with E-state index in [9.17, 15) is 18.3 Å². The molecule has 2 N–H and O–H groups in total. The molecule has 1 saturated heterocycles. The van der Waals surface area contributed by atoms with Crippen LogP contribution in [-0.4, -0.2) is 30.9 Å². The van der Waals surface area contributed by atoms with Crippen molar-refractivity contribution in [2.45, 2.75) is 12.8 Å². The number of aromatic hydroxyl groups is 1. The minimum Gasteiger partial charge on any atom is -0.508 e. The van der Waals surface area contributed by atoms with E-state index >= 15 is 0 Å². The molecule has 104 valence electrons. The summed E-state index contributed by atoms with van der Waals surface area (Å²) in [5.41, 5.74) is 0.408. The lowest BCUT2D eigenvalue weighted by atomic mass is 10.1. The molecule has 2 rings (SSSR count). The van der Waals surface area contributed by atoms with Crippen molar-refractivity contribution in [3.05, 3.63) is 23.2 Å². The Balaban J connectivity index is 1.95. The maximum atomic E-state index is 11.8. The van der Waals surface area contributed by atoms with E-state index in [1.165, 1.54) is 18.2 Å². The van der Waals surface area contributed by atoms with Crippen molar-refractivity contribution in [3.8, 4) is 5.75 Å². The molecule has 1 heterocycles. The van der Waals surface area contributed by atoms with Gasteiger partial charge in [0.1, 0.15) is 5.75 Å². The molecule has 0 spiro atoms. The highest BCUT2D eigenvalue weighted by Crippen LogP contribution is 2.27. The first-order valence-corrected chi connectivity index (χ1v) is 8.04. The molecule has 1 aromatic rings. The highest BCUT2D eigenvalue weighted by Gasteiger charge is 2.29. The molecule has 1 amide bonds. The number of phenolic OH excluding ortho intramolecular Hbond substituents is 1. The fraction of sp³-hybridized carbons (Fsp3) is 0.417. The zero-order valence-corrected chi connectivity index (χ0v) is 11.7. The first-order valence-electron chi connectivity index (χ1n) is 5.84. The van der Waals surface area contributed by atoms with Crippen LogP contribution in [0.2, 0.25) is 5.02 Å². The van der Waals surface area contributed by atoms with Crippen LogP contribution in [0.3, 0.4) is 0 Å². The summed E-state index contributed by atoms with van der Waals surface area (Å²) in [5.74, 6) is -0.144. The van der Waals surface area contributed by atoms with Crippen LogP contribution in [0.4, 0.5) is 5.69 Å². The van der Waals surface area contributed by atoms with Crippen LogP contribution in [0, 0.1) is 5.92 Å². The Morgan fingerprint density at radius 3 is 2.79 bits per heavy atom. The van der Waals surface area contributed by atoms with E-state index in [2.05, 4.69) is 5.32 Å². The Morgan fingerprint density at radius 1 is 1.47 bits per heavy atom. The average molecular weight is 304 g/mol. The highest BCUT2D eigenvalue weighted by molar-refractivity contribution is 7.91. The van der Waals surface area contributed by atoms with Gasteiger partial charge in [0, 0.05) is 12.5 Å². The summed E-state index contributed by atoms with van der Waals surface area (Å²) in [4.78, 5) is 11.8. The van der Waals surface area contributed by atoms with Gasteiger partial charge in [0.05, 0.1) is 22.2 Å². The molecule has 5 nitrogen and oxygen atoms in total. The van der Waals surface area contributed by atoms with Crippen LogP contribution >= 0.6 is 11.6 Å². The highest BCUT2D eigenvalue weighted by atomic mass is 35.5. The lowest BCUT2D eigenvalue weighted by Gasteiger charge is -2.10. The number of carbonyl (C=O) groups is 1. The van der Waals surface area contributed by atoms with Gasteiger partial charge in [-0.1, -0.05) is 11.6 Å². The standard InChI is InChI=1S/C12H14ClNO4S/c13-10-6-9(15)1-2-11(10)14-12(16)5-8-3-4-19(17,18)7-8/h1-2,6,8,15H,3-5,7H2,(H,14,16). The van der Waals surface area contributed by atoms with Gasteiger partial charge >= 0.3 is 0 Å². The van der Waals surface area contributed by atoms with Crippen molar-refractivity contribution in [1.82, 2.24) is 0 Å². The van der Waals surface area contributed by atoms with E-state index in [1.54, 1.807) is 0 Å². The van der Waals surface area contributed by atoms with Gasteiger partial charge in [-0.25, -0.2) is 8.42 Å². The summed E-state index contributed by atoms with van der Waals surface area (Å²) in [6.45, 7) is 0. The van der Waals surface area contributed by atoms with E-state index in [0.29, 0.717) is 12.1 Å². The minimum atomic E-state index is -2.97. The smallest absolute Gasteiger partial charge is 0.224 e. The second-order valence-electron chi connectivity index (χ2n) is 4.69. The molecular weight excluding hydrogens is 290 g/mol. The molecule has 1 aliphatic heterocycles. The topological polar surface area (TPSA) is 83.5 Å². The minimum absolute atomic E-state index is 0.0184. The quantitative estimate of drug-likeness (QED) is 0.834. The van der Waals surface area contributed by atoms with Gasteiger partial charge in [0.2, 0.25) is 5.91 Å². The predicted molar refractivity (Wildman–Crippen MR) is 73.1 cm³/mol. The Kier molecular flexibility index (Phi) is 4.01. The van der Waals surface area contributed by atoms with Gasteiger partial charge in [-0.05, 0) is 24.5 Å². The van der Waals surface area contributed by atoms with E-state index in [1.807, 2.05) is 0 Å². The van der Waals surface area contributed by atoms with Gasteiger partial charge in [0.15, 0.2) is 9.84 Å². The summed E-state index contributed by atoms with van der Waals surface area (Å²) < 4.78 is 22.6. The molecule has 1 aromatic carbocycles. The number of sulfone groups is 1. The fourth-order valence-corrected chi connectivity index (χ4v) is 4.19. The van der Waals surface area contributed by atoms with Crippen LogP contribution in [0.5, 0.6) is 5.75 Å². The number of nitrogens with one attached hydrogen (secondary N) is 1. The first kappa shape index (κ1) is 14.1. The maximum Gasteiger partial charge on any atom is 0.224 e. The van der Waals surface area contributed by atoms with Gasteiger partial charge in [-0.2, -0.15) is 0 Å². The fourth-order valence-electron chi connectivity index (χ4n) is 2.10. The van der Waals surface area contributed by atoms with E-state index in [0.717, 1.165) is 0 Å². The zero-order valence-electron chi connectivity index (χ0n) is 10.1. The first-order chi connectivity index (χ1) is 8.85. The second kappa shape index (κ2) is 5.38. The maximum absolute atomic E-state index is 11.8. The number of benzene rings is 1. The van der Waals surface area contributed by atoms with Crippen molar-refractivity contribution in [3.63, 3.8) is 0 Å². The molecule has 7 heteroatoms. The Bertz CT molecular complexity index is 600. The van der Waals surface area contributed by atoms with Gasteiger partial charge < -0.3 is 10.4 Å². The van der Waals surface area contributed by atoms with Gasteiger partial charge in [-0.15, -0.1) is 0 Å². The van der Waals surface area contributed by atoms with Crippen molar-refractivity contribution in [1.29, 1.82) is 0 Å². The number of anilines is 1. The van der Waals surface area contributed by atoms with Crippen LogP contribution in [0.15, 0.2) is 18.2 Å². The number of hydrogen-bond acceptors (Lipinski definition) is 4. The predicted octanol–water partition coefficient (Wildman–Crippen LogP) is 1.81. The van der Waals surface area contributed by atoms with E-state index in [-0.39, 0.29) is 40.5 Å². The zero-order chi connectivity index (χ0) is 14.0. The monoisotopic (exact) mass is 303 g/mol. The van der Waals surface area contributed by atoms with Gasteiger partial charge in [-0.3, -0.25) is 4.79 Å². The van der Waals surface area contributed by atoms with E-state index < -0.39 is 9.84 Å². The van der Waals surface area contributed by atoms with Gasteiger partial charge in [0.25, 0.3) is 0 Å². The third-order valence-electron chi connectivity index (χ3n) is 3.03. The molecule has 0 saturated carbocycles. The second-order valence-corrected chi connectivity index (χ2v) is 7.32. The number of carbonyl (C=O) groups excluding carboxylic acids is 1. The molecule has 0 radical (unpaired) electrons. The SMILES string of the molecule is O=C(CC1CCS(=O)(=O)C1)Nc1ccc(O)cc1Cl. The van der Waals surface area contributed by atoms with Crippen LogP contribution in [0.25, 0.3) is 0 Å². The van der Waals surface area contributed by atoms with E-state index in [4.69, 9.17) is 11.6 Å². The molecule has 1 atom stereocenters. The third-order valence-corrected chi connectivity index (χ3v) is 5.18. The van der Waals surface area contributed by atoms with Crippen LogP contribution in [0.1, 0.15) is 12.8 Å². The molecule has 0 aliphatic carbocycles. The normalized spacial score (nSPS) is 21.2. The summed E-state index contributed by atoms with van der Waals surface area (Å²) >= 11 is 5.86. The van der Waals surface area contributed by atoms with Crippen LogP contribution < -0.4 is 5.32 Å². The van der Waals surface area contributed by atoms with Crippen molar-refractivity contribution in [2.24, 2.45) is 5.92 Å². The van der Waals surface area contributed by atoms with Crippen LogP contribution in [-0.2, 0) is 14.6 Å². The molecule has 1 fully saturated rings. The molecule has 1 unspecified atom stereocenters. The molecule has 1 aliphatic rings. The molecule has 0 aromatic heterocycles. The average Bonchev–Trinajstić information content (AvgIpc) is 2.62. The number of amides is 1. The summed E-state index contributed by atoms with van der Waals surface area (Å²) in [7, 11) is -2.97. The molecular formula is C12H14ClNO4S. The van der Waals surface area contributed by atoms with Crippen molar-refractivity contribution >= 4 is 33.0 Å². The molecule has 19 heavy (non-hydrogen) atoms. The Hall–Kier alpha value is -1.27. The lowest BCUT2D eigenvalue weighted by Crippen LogP contribution is -2.17. The number of halogens is 1.